The third-order valence-electron chi connectivity index (χ3n) is 3.90. The maximum atomic E-state index is 12.2. The summed E-state index contributed by atoms with van der Waals surface area (Å²) in [6.45, 7) is 6.82. The van der Waals surface area contributed by atoms with Crippen LogP contribution in [0.5, 0.6) is 0 Å². The van der Waals surface area contributed by atoms with Crippen LogP contribution in [0.4, 0.5) is 10.5 Å². The van der Waals surface area contributed by atoms with Crippen molar-refractivity contribution in [1.29, 1.82) is 0 Å². The van der Waals surface area contributed by atoms with Gasteiger partial charge in [0.05, 0.1) is 17.8 Å². The summed E-state index contributed by atoms with van der Waals surface area (Å²) in [4.78, 5) is 24.3. The highest BCUT2D eigenvalue weighted by Crippen LogP contribution is 2.32. The zero-order valence-corrected chi connectivity index (χ0v) is 16.2. The van der Waals surface area contributed by atoms with Gasteiger partial charge in [-0.3, -0.25) is 5.01 Å². The Morgan fingerprint density at radius 3 is 2.75 bits per heavy atom. The Morgan fingerprint density at radius 2 is 2.12 bits per heavy atom. The summed E-state index contributed by atoms with van der Waals surface area (Å²) >= 11 is 2.22. The number of hydrogen-bond donors (Lipinski definition) is 0. The zero-order chi connectivity index (χ0) is 17.5. The van der Waals surface area contributed by atoms with Gasteiger partial charge in [-0.1, -0.05) is 22.6 Å². The van der Waals surface area contributed by atoms with Crippen LogP contribution in [0.15, 0.2) is 18.2 Å². The van der Waals surface area contributed by atoms with Crippen molar-refractivity contribution >= 4 is 40.3 Å². The van der Waals surface area contributed by atoms with Gasteiger partial charge in [-0.2, -0.15) is 0 Å². The maximum absolute atomic E-state index is 12.2. The minimum Gasteiger partial charge on any atom is -0.456 e. The first-order chi connectivity index (χ1) is 11.3. The van der Waals surface area contributed by atoms with Gasteiger partial charge in [0.2, 0.25) is 0 Å². The largest absolute Gasteiger partial charge is 0.456 e. The summed E-state index contributed by atoms with van der Waals surface area (Å²) in [6.07, 6.45) is 0.411. The topological polar surface area (TPSA) is 59.1 Å². The first-order valence-electron chi connectivity index (χ1n) is 7.96. The molecule has 2 aliphatic heterocycles. The SMILES string of the molecule is CC(C)(C)OC(=O)c1ccc2c(c1)CCN2N1CC(CI)OC1=O. The van der Waals surface area contributed by atoms with E-state index in [1.807, 2.05) is 37.9 Å². The standard InChI is InChI=1S/C17H21IN2O4/c1-17(2,3)24-15(21)12-4-5-14-11(8-12)6-7-19(14)20-10-13(9-18)23-16(20)22/h4-5,8,13H,6-7,9-10H2,1-3H3. The van der Waals surface area contributed by atoms with Crippen molar-refractivity contribution in [2.75, 3.05) is 22.5 Å². The monoisotopic (exact) mass is 444 g/mol. The second kappa shape index (κ2) is 6.42. The van der Waals surface area contributed by atoms with Gasteiger partial charge in [-0.15, -0.1) is 0 Å². The maximum Gasteiger partial charge on any atom is 0.429 e. The Kier molecular flexibility index (Phi) is 4.63. The van der Waals surface area contributed by atoms with Gasteiger partial charge in [0, 0.05) is 11.0 Å². The van der Waals surface area contributed by atoms with Crippen LogP contribution >= 0.6 is 22.6 Å². The van der Waals surface area contributed by atoms with Crippen molar-refractivity contribution in [3.8, 4) is 0 Å². The van der Waals surface area contributed by atoms with Crippen LogP contribution in [-0.4, -0.2) is 46.3 Å². The van der Waals surface area contributed by atoms with E-state index in [2.05, 4.69) is 22.6 Å². The lowest BCUT2D eigenvalue weighted by molar-refractivity contribution is 0.00693. The smallest absolute Gasteiger partial charge is 0.429 e. The molecule has 0 N–H and O–H groups in total. The molecule has 24 heavy (non-hydrogen) atoms. The first-order valence-corrected chi connectivity index (χ1v) is 9.49. The third kappa shape index (κ3) is 3.45. The van der Waals surface area contributed by atoms with E-state index < -0.39 is 5.60 Å². The first kappa shape index (κ1) is 17.3. The van der Waals surface area contributed by atoms with E-state index in [0.29, 0.717) is 18.7 Å². The molecule has 130 valence electrons. The van der Waals surface area contributed by atoms with E-state index in [1.165, 1.54) is 0 Å². The second-order valence-electron chi connectivity index (χ2n) is 6.96. The molecule has 1 aromatic carbocycles. The fourth-order valence-electron chi connectivity index (χ4n) is 2.88. The molecule has 1 aromatic rings. The number of anilines is 1. The highest BCUT2D eigenvalue weighted by Gasteiger charge is 2.37. The van der Waals surface area contributed by atoms with Crippen LogP contribution in [0.1, 0.15) is 36.7 Å². The number of halogens is 1. The number of hydrazine groups is 1. The Balaban J connectivity index is 1.79. The summed E-state index contributed by atoms with van der Waals surface area (Å²) in [7, 11) is 0. The van der Waals surface area contributed by atoms with E-state index in [9.17, 15) is 9.59 Å². The predicted molar refractivity (Wildman–Crippen MR) is 98.5 cm³/mol. The molecule has 1 saturated heterocycles. The van der Waals surface area contributed by atoms with E-state index in [1.54, 1.807) is 11.1 Å². The van der Waals surface area contributed by atoms with Crippen LogP contribution in [0.25, 0.3) is 0 Å². The number of amides is 1. The number of benzene rings is 1. The highest BCUT2D eigenvalue weighted by molar-refractivity contribution is 14.1. The summed E-state index contributed by atoms with van der Waals surface area (Å²) in [5, 5.41) is 3.60. The number of alkyl halides is 1. The molecule has 7 heteroatoms. The summed E-state index contributed by atoms with van der Waals surface area (Å²) in [5.74, 6) is -0.325. The fraction of sp³-hybridized carbons (Fsp3) is 0.529. The fourth-order valence-corrected chi connectivity index (χ4v) is 3.34. The molecule has 0 radical (unpaired) electrons. The molecular formula is C17H21IN2O4. The molecule has 1 fully saturated rings. The lowest BCUT2D eigenvalue weighted by Crippen LogP contribution is -2.42. The number of nitrogens with zero attached hydrogens (tertiary/aromatic N) is 2. The second-order valence-corrected chi connectivity index (χ2v) is 7.84. The molecule has 0 aliphatic carbocycles. The van der Waals surface area contributed by atoms with Crippen molar-refractivity contribution in [2.24, 2.45) is 0 Å². The van der Waals surface area contributed by atoms with Crippen molar-refractivity contribution in [1.82, 2.24) is 5.01 Å². The van der Waals surface area contributed by atoms with Crippen molar-refractivity contribution in [3.63, 3.8) is 0 Å². The lowest BCUT2D eigenvalue weighted by Gasteiger charge is -2.28. The molecule has 0 bridgehead atoms. The van der Waals surface area contributed by atoms with Crippen LogP contribution in [0, 0.1) is 0 Å². The van der Waals surface area contributed by atoms with Gasteiger partial charge >= 0.3 is 12.1 Å². The van der Waals surface area contributed by atoms with Gasteiger partial charge in [0.25, 0.3) is 0 Å². The number of esters is 1. The van der Waals surface area contributed by atoms with E-state index in [4.69, 9.17) is 9.47 Å². The van der Waals surface area contributed by atoms with Crippen molar-refractivity contribution in [2.45, 2.75) is 38.9 Å². The third-order valence-corrected chi connectivity index (χ3v) is 4.89. The molecule has 1 atom stereocenters. The number of fused-ring (bicyclic) bond motifs is 1. The van der Waals surface area contributed by atoms with Gasteiger partial charge in [0.1, 0.15) is 11.7 Å². The van der Waals surface area contributed by atoms with Crippen LogP contribution in [0.3, 0.4) is 0 Å². The van der Waals surface area contributed by atoms with Crippen LogP contribution in [0.2, 0.25) is 0 Å². The Morgan fingerprint density at radius 1 is 1.38 bits per heavy atom. The molecule has 0 aromatic heterocycles. The molecule has 0 saturated carbocycles. The lowest BCUT2D eigenvalue weighted by atomic mass is 10.1. The molecule has 3 rings (SSSR count). The van der Waals surface area contributed by atoms with Crippen LogP contribution < -0.4 is 5.01 Å². The van der Waals surface area contributed by atoms with E-state index in [-0.39, 0.29) is 18.2 Å². The predicted octanol–water partition coefficient (Wildman–Crippen LogP) is 3.18. The van der Waals surface area contributed by atoms with Gasteiger partial charge in [0.15, 0.2) is 0 Å². The van der Waals surface area contributed by atoms with Crippen molar-refractivity contribution in [3.05, 3.63) is 29.3 Å². The molecule has 2 aliphatic rings. The molecule has 6 nitrogen and oxygen atoms in total. The summed E-state index contributed by atoms with van der Waals surface area (Å²) < 4.78 is 11.5. The van der Waals surface area contributed by atoms with Gasteiger partial charge in [-0.25, -0.2) is 14.6 Å². The Labute approximate surface area is 155 Å². The zero-order valence-electron chi connectivity index (χ0n) is 14.0. The number of cyclic esters (lactones) is 1. The number of carbonyl (C=O) groups excluding carboxylic acids is 2. The average molecular weight is 444 g/mol. The summed E-state index contributed by atoms with van der Waals surface area (Å²) in [6, 6.07) is 5.50. The molecule has 2 heterocycles. The van der Waals surface area contributed by atoms with Crippen molar-refractivity contribution < 1.29 is 19.1 Å². The van der Waals surface area contributed by atoms with Gasteiger partial charge in [-0.05, 0) is 51.0 Å². The highest BCUT2D eigenvalue weighted by atomic mass is 127. The average Bonchev–Trinajstić information content (AvgIpc) is 3.07. The summed E-state index contributed by atoms with van der Waals surface area (Å²) in [5.41, 5.74) is 2.02. The number of rotatable bonds is 3. The number of hydrogen-bond acceptors (Lipinski definition) is 5. The number of ether oxygens (including phenoxy) is 2. The molecular weight excluding hydrogens is 423 g/mol. The van der Waals surface area contributed by atoms with Crippen LogP contribution in [-0.2, 0) is 15.9 Å². The molecule has 1 amide bonds. The normalized spacial score (nSPS) is 20.2. The van der Waals surface area contributed by atoms with Gasteiger partial charge < -0.3 is 9.47 Å². The minimum atomic E-state index is -0.518. The van der Waals surface area contributed by atoms with E-state index in [0.717, 1.165) is 22.1 Å². The van der Waals surface area contributed by atoms with E-state index >= 15 is 0 Å². The quantitative estimate of drug-likeness (QED) is 0.407. The minimum absolute atomic E-state index is 0.0665. The number of carbonyl (C=O) groups is 2. The molecule has 0 spiro atoms. The molecule has 1 unspecified atom stereocenters. The Hall–Kier alpha value is -1.51. The Bertz CT molecular complexity index is 671.